The van der Waals surface area contributed by atoms with Gasteiger partial charge in [0.1, 0.15) is 17.3 Å². The van der Waals surface area contributed by atoms with Gasteiger partial charge in [0, 0.05) is 17.5 Å². The van der Waals surface area contributed by atoms with Crippen LogP contribution in [0.25, 0.3) is 0 Å². The Morgan fingerprint density at radius 2 is 2.19 bits per heavy atom. The third-order valence-corrected chi connectivity index (χ3v) is 2.93. The predicted molar refractivity (Wildman–Crippen MR) is 60.9 cm³/mol. The van der Waals surface area contributed by atoms with Gasteiger partial charge in [-0.25, -0.2) is 4.39 Å². The van der Waals surface area contributed by atoms with Crippen molar-refractivity contribution in [2.24, 2.45) is 0 Å². The monoisotopic (exact) mass is 236 g/mol. The second kappa shape index (κ2) is 4.45. The molecule has 2 nitrogen and oxygen atoms in total. The highest BCUT2D eigenvalue weighted by molar-refractivity contribution is 7.11. The van der Waals surface area contributed by atoms with Crippen LogP contribution in [-0.2, 0) is 0 Å². The number of ether oxygens (including phenoxy) is 1. The van der Waals surface area contributed by atoms with E-state index in [9.17, 15) is 9.18 Å². The molecule has 0 saturated carbocycles. The van der Waals surface area contributed by atoms with Crippen LogP contribution in [-0.4, -0.2) is 6.29 Å². The van der Waals surface area contributed by atoms with Gasteiger partial charge in [-0.2, -0.15) is 0 Å². The lowest BCUT2D eigenvalue weighted by Crippen LogP contribution is -1.87. The first-order valence-corrected chi connectivity index (χ1v) is 5.55. The smallest absolute Gasteiger partial charge is 0.160 e. The first-order chi connectivity index (χ1) is 7.69. The van der Waals surface area contributed by atoms with Crippen LogP contribution >= 0.6 is 11.3 Å². The fraction of sp³-hybridized carbons (Fsp3) is 0.0833. The standard InChI is InChI=1S/C12H9FO2S/c1-8-2-3-9(13)4-12(8)15-10-5-11(6-14)16-7-10/h2-7H,1H3. The van der Waals surface area contributed by atoms with Crippen LogP contribution in [0.1, 0.15) is 15.2 Å². The highest BCUT2D eigenvalue weighted by Gasteiger charge is 2.05. The normalized spacial score (nSPS) is 10.1. The van der Waals surface area contributed by atoms with Crippen molar-refractivity contribution in [3.8, 4) is 11.5 Å². The third kappa shape index (κ3) is 2.28. The van der Waals surface area contributed by atoms with Gasteiger partial charge in [0.25, 0.3) is 0 Å². The molecule has 0 aliphatic carbocycles. The quantitative estimate of drug-likeness (QED) is 0.758. The molecule has 0 unspecified atom stereocenters. The van der Waals surface area contributed by atoms with E-state index in [-0.39, 0.29) is 5.82 Å². The second-order valence-electron chi connectivity index (χ2n) is 3.31. The molecule has 0 fully saturated rings. The van der Waals surface area contributed by atoms with Crippen molar-refractivity contribution in [1.29, 1.82) is 0 Å². The Morgan fingerprint density at radius 1 is 1.38 bits per heavy atom. The summed E-state index contributed by atoms with van der Waals surface area (Å²) in [4.78, 5) is 11.1. The Balaban J connectivity index is 2.26. The topological polar surface area (TPSA) is 26.3 Å². The molecule has 0 N–H and O–H groups in total. The minimum Gasteiger partial charge on any atom is -0.456 e. The average Bonchev–Trinajstić information content (AvgIpc) is 2.71. The summed E-state index contributed by atoms with van der Waals surface area (Å²) in [7, 11) is 0. The van der Waals surface area contributed by atoms with Crippen LogP contribution in [0.15, 0.2) is 29.6 Å². The van der Waals surface area contributed by atoms with Gasteiger partial charge in [-0.1, -0.05) is 6.07 Å². The van der Waals surface area contributed by atoms with E-state index in [1.165, 1.54) is 23.5 Å². The minimum atomic E-state index is -0.341. The van der Waals surface area contributed by atoms with Gasteiger partial charge < -0.3 is 4.74 Å². The number of hydrogen-bond acceptors (Lipinski definition) is 3. The van der Waals surface area contributed by atoms with Crippen molar-refractivity contribution in [3.63, 3.8) is 0 Å². The number of benzene rings is 1. The molecule has 2 rings (SSSR count). The molecule has 0 atom stereocenters. The molecule has 4 heteroatoms. The van der Waals surface area contributed by atoms with E-state index in [2.05, 4.69) is 0 Å². The maximum Gasteiger partial charge on any atom is 0.160 e. The lowest BCUT2D eigenvalue weighted by atomic mass is 10.2. The van der Waals surface area contributed by atoms with Crippen molar-refractivity contribution in [2.45, 2.75) is 6.92 Å². The lowest BCUT2D eigenvalue weighted by molar-refractivity contribution is 0.112. The van der Waals surface area contributed by atoms with E-state index in [1.807, 2.05) is 6.92 Å². The van der Waals surface area contributed by atoms with Gasteiger partial charge in [-0.05, 0) is 18.6 Å². The Hall–Kier alpha value is -1.68. The summed E-state index contributed by atoms with van der Waals surface area (Å²) in [5, 5.41) is 1.72. The molecule has 1 heterocycles. The zero-order valence-corrected chi connectivity index (χ0v) is 9.38. The van der Waals surface area contributed by atoms with Crippen LogP contribution < -0.4 is 4.74 Å². The Labute approximate surface area is 96.3 Å². The molecule has 0 aliphatic heterocycles. The van der Waals surface area contributed by atoms with E-state index in [1.54, 1.807) is 17.5 Å². The second-order valence-corrected chi connectivity index (χ2v) is 4.26. The minimum absolute atomic E-state index is 0.341. The number of aldehydes is 1. The largest absolute Gasteiger partial charge is 0.456 e. The summed E-state index contributed by atoms with van der Waals surface area (Å²) in [5.41, 5.74) is 0.847. The first kappa shape index (κ1) is 10.8. The SMILES string of the molecule is Cc1ccc(F)cc1Oc1csc(C=O)c1. The zero-order chi connectivity index (χ0) is 11.5. The first-order valence-electron chi connectivity index (χ1n) is 4.67. The zero-order valence-electron chi connectivity index (χ0n) is 8.57. The molecule has 0 spiro atoms. The van der Waals surface area contributed by atoms with Crippen molar-refractivity contribution < 1.29 is 13.9 Å². The van der Waals surface area contributed by atoms with Crippen molar-refractivity contribution >= 4 is 17.6 Å². The van der Waals surface area contributed by atoms with Crippen LogP contribution in [0.5, 0.6) is 11.5 Å². The summed E-state index contributed by atoms with van der Waals surface area (Å²) in [5.74, 6) is 0.683. The summed E-state index contributed by atoms with van der Waals surface area (Å²) < 4.78 is 18.5. The number of carbonyl (C=O) groups excluding carboxylic acids is 1. The van der Waals surface area contributed by atoms with Crippen LogP contribution in [0.2, 0.25) is 0 Å². The Morgan fingerprint density at radius 3 is 2.88 bits per heavy atom. The summed E-state index contributed by atoms with van der Waals surface area (Å²) >= 11 is 1.29. The number of halogens is 1. The fourth-order valence-corrected chi connectivity index (χ4v) is 1.87. The van der Waals surface area contributed by atoms with Crippen LogP contribution in [0, 0.1) is 12.7 Å². The molecule has 0 bridgehead atoms. The molecule has 2 aromatic rings. The van der Waals surface area contributed by atoms with Gasteiger partial charge in [-0.3, -0.25) is 4.79 Å². The number of carbonyl (C=O) groups is 1. The van der Waals surface area contributed by atoms with Crippen molar-refractivity contribution in [3.05, 3.63) is 45.9 Å². The molecule has 0 saturated heterocycles. The van der Waals surface area contributed by atoms with Gasteiger partial charge in [-0.15, -0.1) is 11.3 Å². The molecule has 0 aliphatic rings. The molecule has 1 aromatic carbocycles. The fourth-order valence-electron chi connectivity index (χ4n) is 1.26. The van der Waals surface area contributed by atoms with E-state index < -0.39 is 0 Å². The molecule has 82 valence electrons. The highest BCUT2D eigenvalue weighted by atomic mass is 32.1. The molecule has 16 heavy (non-hydrogen) atoms. The van der Waals surface area contributed by atoms with Crippen molar-refractivity contribution in [1.82, 2.24) is 0 Å². The average molecular weight is 236 g/mol. The Kier molecular flexibility index (Phi) is 3.01. The number of rotatable bonds is 3. The summed E-state index contributed by atoms with van der Waals surface area (Å²) in [6.45, 7) is 1.84. The maximum absolute atomic E-state index is 13.0. The Bertz CT molecular complexity index is 519. The van der Waals surface area contributed by atoms with Gasteiger partial charge >= 0.3 is 0 Å². The number of aryl methyl sites for hydroxylation is 1. The summed E-state index contributed by atoms with van der Waals surface area (Å²) in [6.07, 6.45) is 0.760. The molecular formula is C12H9FO2S. The van der Waals surface area contributed by atoms with Gasteiger partial charge in [0.05, 0.1) is 4.88 Å². The van der Waals surface area contributed by atoms with E-state index >= 15 is 0 Å². The number of hydrogen-bond donors (Lipinski definition) is 0. The lowest BCUT2D eigenvalue weighted by Gasteiger charge is -2.06. The van der Waals surface area contributed by atoms with E-state index in [4.69, 9.17) is 4.74 Å². The molecular weight excluding hydrogens is 227 g/mol. The maximum atomic E-state index is 13.0. The van der Waals surface area contributed by atoms with Crippen LogP contribution in [0.4, 0.5) is 4.39 Å². The van der Waals surface area contributed by atoms with E-state index in [0.717, 1.165) is 11.8 Å². The van der Waals surface area contributed by atoms with Gasteiger partial charge in [0.2, 0.25) is 0 Å². The number of thiophene rings is 1. The van der Waals surface area contributed by atoms with Crippen molar-refractivity contribution in [2.75, 3.05) is 0 Å². The highest BCUT2D eigenvalue weighted by Crippen LogP contribution is 2.28. The molecule has 0 radical (unpaired) electrons. The molecule has 0 amide bonds. The van der Waals surface area contributed by atoms with Gasteiger partial charge in [0.15, 0.2) is 6.29 Å². The predicted octanol–water partition coefficient (Wildman–Crippen LogP) is 3.80. The van der Waals surface area contributed by atoms with Crippen LogP contribution in [0.3, 0.4) is 0 Å². The molecule has 1 aromatic heterocycles. The third-order valence-electron chi connectivity index (χ3n) is 2.09. The van der Waals surface area contributed by atoms with E-state index in [0.29, 0.717) is 16.4 Å². The summed E-state index contributed by atoms with van der Waals surface area (Å²) in [6, 6.07) is 5.99.